The highest BCUT2D eigenvalue weighted by Crippen LogP contribution is 2.18. The predicted octanol–water partition coefficient (Wildman–Crippen LogP) is -0.0784. The molecule has 0 aromatic heterocycles. The molecule has 1 amide bonds. The summed E-state index contributed by atoms with van der Waals surface area (Å²) in [6.45, 7) is 0.929. The molecule has 1 fully saturated rings. The van der Waals surface area contributed by atoms with Gasteiger partial charge >= 0.3 is 11.9 Å². The maximum atomic E-state index is 11.1. The molecule has 0 aliphatic carbocycles. The van der Waals surface area contributed by atoms with E-state index in [1.807, 2.05) is 0 Å². The van der Waals surface area contributed by atoms with Crippen molar-refractivity contribution in [2.75, 3.05) is 20.2 Å². The second-order valence-corrected chi connectivity index (χ2v) is 3.20. The molecular formula is C9H12N2O3. The number of likely N-dealkylation sites (tertiary alicyclic amines) is 1. The lowest BCUT2D eigenvalue weighted by Crippen LogP contribution is -2.39. The van der Waals surface area contributed by atoms with Gasteiger partial charge in [0.2, 0.25) is 0 Å². The van der Waals surface area contributed by atoms with Crippen LogP contribution >= 0.6 is 0 Å². The van der Waals surface area contributed by atoms with Crippen molar-refractivity contribution >= 4 is 11.9 Å². The minimum Gasteiger partial charge on any atom is -0.469 e. The Hall–Kier alpha value is -1.57. The van der Waals surface area contributed by atoms with Crippen LogP contribution in [0.3, 0.4) is 0 Å². The van der Waals surface area contributed by atoms with Gasteiger partial charge in [-0.1, -0.05) is 0 Å². The quantitative estimate of drug-likeness (QED) is 0.434. The Morgan fingerprint density at radius 1 is 1.43 bits per heavy atom. The predicted molar refractivity (Wildman–Crippen MR) is 46.9 cm³/mol. The van der Waals surface area contributed by atoms with Crippen molar-refractivity contribution in [1.82, 2.24) is 4.90 Å². The largest absolute Gasteiger partial charge is 0.469 e. The molecule has 0 N–H and O–H groups in total. The molecule has 5 nitrogen and oxygen atoms in total. The Morgan fingerprint density at radius 2 is 2.00 bits per heavy atom. The van der Waals surface area contributed by atoms with Crippen LogP contribution in [-0.2, 0) is 14.3 Å². The number of esters is 1. The fourth-order valence-corrected chi connectivity index (χ4v) is 1.56. The summed E-state index contributed by atoms with van der Waals surface area (Å²) in [5, 5.41) is 8.38. The van der Waals surface area contributed by atoms with Gasteiger partial charge < -0.3 is 9.64 Å². The van der Waals surface area contributed by atoms with Crippen LogP contribution in [0.2, 0.25) is 0 Å². The number of hydrogen-bond donors (Lipinski definition) is 0. The van der Waals surface area contributed by atoms with Gasteiger partial charge in [-0.15, -0.1) is 0 Å². The number of nitrogens with zero attached hydrogens (tertiary/aromatic N) is 2. The van der Waals surface area contributed by atoms with E-state index in [4.69, 9.17) is 5.26 Å². The van der Waals surface area contributed by atoms with Gasteiger partial charge in [0.05, 0.1) is 13.0 Å². The van der Waals surface area contributed by atoms with Crippen molar-refractivity contribution in [2.45, 2.75) is 12.8 Å². The topological polar surface area (TPSA) is 70.4 Å². The van der Waals surface area contributed by atoms with E-state index in [2.05, 4.69) is 4.74 Å². The summed E-state index contributed by atoms with van der Waals surface area (Å²) in [4.78, 5) is 23.5. The van der Waals surface area contributed by atoms with Crippen molar-refractivity contribution in [3.8, 4) is 6.07 Å². The third-order valence-electron chi connectivity index (χ3n) is 2.41. The number of piperidine rings is 1. The third-order valence-corrected chi connectivity index (χ3v) is 2.41. The van der Waals surface area contributed by atoms with E-state index in [0.717, 1.165) is 0 Å². The van der Waals surface area contributed by atoms with Gasteiger partial charge in [0.1, 0.15) is 0 Å². The average molecular weight is 196 g/mol. The molecule has 0 bridgehead atoms. The van der Waals surface area contributed by atoms with Crippen molar-refractivity contribution in [2.24, 2.45) is 5.92 Å². The zero-order chi connectivity index (χ0) is 10.6. The van der Waals surface area contributed by atoms with Gasteiger partial charge in [0.15, 0.2) is 6.07 Å². The van der Waals surface area contributed by atoms with Gasteiger partial charge in [0.25, 0.3) is 0 Å². The fraction of sp³-hybridized carbons (Fsp3) is 0.667. The first-order chi connectivity index (χ1) is 6.69. The molecule has 5 heteroatoms. The second-order valence-electron chi connectivity index (χ2n) is 3.20. The van der Waals surface area contributed by atoms with Crippen LogP contribution in [0.25, 0.3) is 0 Å². The normalized spacial score (nSPS) is 17.3. The molecule has 1 saturated heterocycles. The van der Waals surface area contributed by atoms with Gasteiger partial charge in [0, 0.05) is 13.1 Å². The third kappa shape index (κ3) is 2.22. The van der Waals surface area contributed by atoms with E-state index in [0.29, 0.717) is 25.9 Å². The van der Waals surface area contributed by atoms with Crippen molar-refractivity contribution in [1.29, 1.82) is 5.26 Å². The molecule has 0 saturated carbocycles. The van der Waals surface area contributed by atoms with Crippen molar-refractivity contribution in [3.05, 3.63) is 0 Å². The first kappa shape index (κ1) is 10.5. The van der Waals surface area contributed by atoms with Crippen molar-refractivity contribution in [3.63, 3.8) is 0 Å². The monoisotopic (exact) mass is 196 g/mol. The van der Waals surface area contributed by atoms with Crippen LogP contribution < -0.4 is 0 Å². The Labute approximate surface area is 82.2 Å². The maximum Gasteiger partial charge on any atom is 0.324 e. The maximum absolute atomic E-state index is 11.1. The van der Waals surface area contributed by atoms with Gasteiger partial charge in [-0.05, 0) is 12.8 Å². The smallest absolute Gasteiger partial charge is 0.324 e. The summed E-state index contributed by atoms with van der Waals surface area (Å²) in [6, 6.07) is 1.56. The van der Waals surface area contributed by atoms with Crippen LogP contribution in [-0.4, -0.2) is 37.0 Å². The molecule has 1 rings (SSSR count). The van der Waals surface area contributed by atoms with E-state index in [-0.39, 0.29) is 11.9 Å². The van der Waals surface area contributed by atoms with E-state index < -0.39 is 5.91 Å². The van der Waals surface area contributed by atoms with E-state index >= 15 is 0 Å². The second kappa shape index (κ2) is 4.61. The molecule has 1 aliphatic heterocycles. The van der Waals surface area contributed by atoms with Crippen LogP contribution in [0.4, 0.5) is 0 Å². The number of rotatable bonds is 1. The van der Waals surface area contributed by atoms with Gasteiger partial charge in [-0.25, -0.2) is 0 Å². The molecule has 0 spiro atoms. The molecule has 1 aliphatic rings. The molecule has 0 aromatic carbocycles. The van der Waals surface area contributed by atoms with E-state index in [1.165, 1.54) is 12.0 Å². The molecular weight excluding hydrogens is 184 g/mol. The average Bonchev–Trinajstić information content (AvgIpc) is 2.27. The minimum atomic E-state index is -0.520. The molecule has 76 valence electrons. The number of amides is 1. The van der Waals surface area contributed by atoms with Crippen LogP contribution in [0.15, 0.2) is 0 Å². The lowest BCUT2D eigenvalue weighted by molar-refractivity contribution is -0.148. The lowest BCUT2D eigenvalue weighted by atomic mass is 9.97. The zero-order valence-corrected chi connectivity index (χ0v) is 8.02. The number of methoxy groups -OCH3 is 1. The summed E-state index contributed by atoms with van der Waals surface area (Å²) in [5.74, 6) is -0.870. The van der Waals surface area contributed by atoms with E-state index in [9.17, 15) is 9.59 Å². The number of hydrogen-bond acceptors (Lipinski definition) is 4. The number of ether oxygens (including phenoxy) is 1. The van der Waals surface area contributed by atoms with Crippen molar-refractivity contribution < 1.29 is 14.3 Å². The Kier molecular flexibility index (Phi) is 3.46. The molecule has 14 heavy (non-hydrogen) atoms. The Bertz CT molecular complexity index is 274. The molecule has 0 atom stereocenters. The van der Waals surface area contributed by atoms with Crippen LogP contribution in [0.5, 0.6) is 0 Å². The first-order valence-electron chi connectivity index (χ1n) is 4.46. The number of carbonyl (C=O) groups excluding carboxylic acids is 2. The summed E-state index contributed by atoms with van der Waals surface area (Å²) in [5.41, 5.74) is 0. The fourth-order valence-electron chi connectivity index (χ4n) is 1.56. The highest BCUT2D eigenvalue weighted by molar-refractivity contribution is 5.91. The Morgan fingerprint density at radius 3 is 2.43 bits per heavy atom. The highest BCUT2D eigenvalue weighted by atomic mass is 16.5. The Balaban J connectivity index is 2.43. The SMILES string of the molecule is COC(=O)C1CCN(C(=O)C#N)CC1. The summed E-state index contributed by atoms with van der Waals surface area (Å²) >= 11 is 0. The van der Waals surface area contributed by atoms with Gasteiger partial charge in [-0.3, -0.25) is 9.59 Å². The summed E-state index contributed by atoms with van der Waals surface area (Å²) in [7, 11) is 1.36. The van der Waals surface area contributed by atoms with Crippen LogP contribution in [0.1, 0.15) is 12.8 Å². The zero-order valence-electron chi connectivity index (χ0n) is 8.02. The van der Waals surface area contributed by atoms with Gasteiger partial charge in [-0.2, -0.15) is 5.26 Å². The molecule has 0 unspecified atom stereocenters. The van der Waals surface area contributed by atoms with E-state index in [1.54, 1.807) is 6.07 Å². The lowest BCUT2D eigenvalue weighted by Gasteiger charge is -2.28. The molecule has 1 heterocycles. The molecule has 0 aromatic rings. The number of nitriles is 1. The minimum absolute atomic E-state index is 0.122. The standard InChI is InChI=1S/C9H12N2O3/c1-14-9(13)7-2-4-11(5-3-7)8(12)6-10/h7H,2-5H2,1H3. The summed E-state index contributed by atoms with van der Waals surface area (Å²) < 4.78 is 4.60. The number of carbonyl (C=O) groups is 2. The van der Waals surface area contributed by atoms with Crippen LogP contribution in [0, 0.1) is 17.2 Å². The molecule has 0 radical (unpaired) electrons. The first-order valence-corrected chi connectivity index (χ1v) is 4.46. The highest BCUT2D eigenvalue weighted by Gasteiger charge is 2.27. The summed E-state index contributed by atoms with van der Waals surface area (Å²) in [6.07, 6.45) is 1.17.